The van der Waals surface area contributed by atoms with Crippen molar-refractivity contribution in [2.45, 2.75) is 51.4 Å². The highest BCUT2D eigenvalue weighted by Gasteiger charge is 2.21. The Balaban J connectivity index is 2.89. The monoisotopic (exact) mass is 556 g/mol. The van der Waals surface area contributed by atoms with Gasteiger partial charge in [0.05, 0.1) is 41.3 Å². The molecule has 0 aromatic heterocycles. The normalized spacial score (nSPS) is 10.1. The molecule has 0 radical (unpaired) electrons. The highest BCUT2D eigenvalue weighted by Crippen LogP contribution is 2.34. The molecule has 8 nitrogen and oxygen atoms in total. The van der Waals surface area contributed by atoms with Crippen LogP contribution in [0.3, 0.4) is 0 Å². The van der Waals surface area contributed by atoms with E-state index in [4.69, 9.17) is 9.47 Å². The minimum atomic E-state index is -1.10. The van der Waals surface area contributed by atoms with Gasteiger partial charge < -0.3 is 18.9 Å². The average Bonchev–Trinajstić information content (AvgIpc) is 2.96. The predicted octanol–water partition coefficient (Wildman–Crippen LogP) is 3.94. The minimum absolute atomic E-state index is 0.0176. The molecule has 0 aliphatic rings. The molecule has 0 unspecified atom stereocenters. The standard InChI is InChI=1S/C30H30F2O8/c1-37-27(33)11-7-5-9-19-20(10-6-8-12-28(34)38-2)22(14-16-30(36)40-4)24-18-26(32)25(31)17-23(24)21(19)13-15-29(35)39-3/h17-18H,7-8,11-16H2,1-4H3. The summed E-state index contributed by atoms with van der Waals surface area (Å²) in [5.74, 6) is 7.59. The number of fused-ring (bicyclic) bond motifs is 1. The maximum absolute atomic E-state index is 14.5. The van der Waals surface area contributed by atoms with Crippen LogP contribution in [0.25, 0.3) is 10.8 Å². The first kappa shape index (κ1) is 31.8. The molecule has 0 spiro atoms. The van der Waals surface area contributed by atoms with Crippen molar-refractivity contribution in [1.82, 2.24) is 0 Å². The third-order valence-electron chi connectivity index (χ3n) is 5.97. The molecule has 0 saturated carbocycles. The van der Waals surface area contributed by atoms with Gasteiger partial charge >= 0.3 is 23.9 Å². The maximum Gasteiger partial charge on any atom is 0.306 e. The van der Waals surface area contributed by atoms with Gasteiger partial charge in [-0.2, -0.15) is 0 Å². The number of ether oxygens (including phenoxy) is 4. The summed E-state index contributed by atoms with van der Waals surface area (Å²) in [6.07, 6.45) is 0.244. The Morgan fingerprint density at radius 3 is 1.25 bits per heavy atom. The highest BCUT2D eigenvalue weighted by molar-refractivity contribution is 5.94. The van der Waals surface area contributed by atoms with Crippen LogP contribution < -0.4 is 0 Å². The van der Waals surface area contributed by atoms with Gasteiger partial charge in [0.2, 0.25) is 0 Å². The van der Waals surface area contributed by atoms with E-state index in [1.165, 1.54) is 28.4 Å². The van der Waals surface area contributed by atoms with E-state index in [-0.39, 0.29) is 51.4 Å². The van der Waals surface area contributed by atoms with Gasteiger partial charge in [-0.3, -0.25) is 19.2 Å². The largest absolute Gasteiger partial charge is 0.469 e. The number of esters is 4. The number of methoxy groups -OCH3 is 4. The van der Waals surface area contributed by atoms with Crippen LogP contribution in [-0.4, -0.2) is 52.3 Å². The van der Waals surface area contributed by atoms with Gasteiger partial charge in [-0.15, -0.1) is 0 Å². The molecule has 0 bridgehead atoms. The Morgan fingerprint density at radius 1 is 0.600 bits per heavy atom. The van der Waals surface area contributed by atoms with Gasteiger partial charge in [0.1, 0.15) is 0 Å². The molecule has 0 atom stereocenters. The number of aryl methyl sites for hydroxylation is 2. The fourth-order valence-corrected chi connectivity index (χ4v) is 3.91. The van der Waals surface area contributed by atoms with Crippen molar-refractivity contribution in [2.24, 2.45) is 0 Å². The zero-order valence-corrected chi connectivity index (χ0v) is 22.8. The topological polar surface area (TPSA) is 105 Å². The van der Waals surface area contributed by atoms with Crippen molar-refractivity contribution in [3.8, 4) is 23.7 Å². The van der Waals surface area contributed by atoms with Crippen molar-refractivity contribution in [3.63, 3.8) is 0 Å². The van der Waals surface area contributed by atoms with Crippen LogP contribution in [-0.2, 0) is 51.0 Å². The first-order valence-corrected chi connectivity index (χ1v) is 12.4. The lowest BCUT2D eigenvalue weighted by molar-refractivity contribution is -0.141. The van der Waals surface area contributed by atoms with Crippen molar-refractivity contribution in [3.05, 3.63) is 46.0 Å². The van der Waals surface area contributed by atoms with E-state index in [2.05, 4.69) is 33.2 Å². The zero-order valence-electron chi connectivity index (χ0n) is 22.8. The van der Waals surface area contributed by atoms with Gasteiger partial charge in [0, 0.05) is 36.8 Å². The summed E-state index contributed by atoms with van der Waals surface area (Å²) in [6, 6.07) is 2.04. The Morgan fingerprint density at radius 2 is 0.925 bits per heavy atom. The highest BCUT2D eigenvalue weighted by atomic mass is 19.2. The molecule has 212 valence electrons. The van der Waals surface area contributed by atoms with Crippen molar-refractivity contribution >= 4 is 34.6 Å². The summed E-state index contributed by atoms with van der Waals surface area (Å²) in [4.78, 5) is 47.2. The van der Waals surface area contributed by atoms with Gasteiger partial charge in [-0.1, -0.05) is 23.7 Å². The molecule has 2 rings (SSSR count). The van der Waals surface area contributed by atoms with E-state index in [0.717, 1.165) is 12.1 Å². The Hall–Kier alpha value is -4.44. The molecule has 0 N–H and O–H groups in total. The molecule has 0 aliphatic carbocycles. The maximum atomic E-state index is 14.5. The molecule has 0 amide bonds. The van der Waals surface area contributed by atoms with Crippen LogP contribution in [0.4, 0.5) is 8.78 Å². The Labute approximate surface area is 231 Å². The zero-order chi connectivity index (χ0) is 29.7. The van der Waals surface area contributed by atoms with Crippen molar-refractivity contribution in [2.75, 3.05) is 28.4 Å². The number of hydrogen-bond donors (Lipinski definition) is 0. The second-order valence-electron chi connectivity index (χ2n) is 8.43. The van der Waals surface area contributed by atoms with Crippen LogP contribution in [0.5, 0.6) is 0 Å². The van der Waals surface area contributed by atoms with Crippen LogP contribution in [0.2, 0.25) is 0 Å². The number of carbonyl (C=O) groups is 4. The van der Waals surface area contributed by atoms with Gasteiger partial charge in [-0.05, 0) is 46.9 Å². The number of rotatable bonds is 10. The van der Waals surface area contributed by atoms with E-state index in [0.29, 0.717) is 33.0 Å². The molecular weight excluding hydrogens is 526 g/mol. The van der Waals surface area contributed by atoms with Gasteiger partial charge in [0.25, 0.3) is 0 Å². The summed E-state index contributed by atoms with van der Waals surface area (Å²) in [7, 11) is 4.98. The Bertz CT molecular complexity index is 1300. The second-order valence-corrected chi connectivity index (χ2v) is 8.43. The summed E-state index contributed by atoms with van der Waals surface area (Å²) in [6.45, 7) is 0. The van der Waals surface area contributed by atoms with E-state index in [1.807, 2.05) is 0 Å². The van der Waals surface area contributed by atoms with E-state index >= 15 is 0 Å². The second kappa shape index (κ2) is 15.8. The molecule has 40 heavy (non-hydrogen) atoms. The quantitative estimate of drug-likeness (QED) is 0.246. The molecule has 0 aliphatic heterocycles. The number of hydrogen-bond acceptors (Lipinski definition) is 8. The lowest BCUT2D eigenvalue weighted by Gasteiger charge is -2.18. The molecule has 2 aromatic rings. The van der Waals surface area contributed by atoms with E-state index in [1.54, 1.807) is 0 Å². The number of carbonyl (C=O) groups excluding carboxylic acids is 4. The van der Waals surface area contributed by atoms with E-state index in [9.17, 15) is 28.0 Å². The first-order chi connectivity index (χ1) is 19.2. The molecular formula is C30H30F2O8. The molecule has 0 saturated heterocycles. The molecule has 0 fully saturated rings. The Kier molecular flexibility index (Phi) is 12.6. The smallest absolute Gasteiger partial charge is 0.306 e. The van der Waals surface area contributed by atoms with Crippen LogP contribution in [0.15, 0.2) is 12.1 Å². The third kappa shape index (κ3) is 8.81. The lowest BCUT2D eigenvalue weighted by atomic mass is 9.85. The number of benzene rings is 2. The predicted molar refractivity (Wildman–Crippen MR) is 141 cm³/mol. The van der Waals surface area contributed by atoms with Crippen LogP contribution >= 0.6 is 0 Å². The number of halogens is 2. The summed E-state index contributed by atoms with van der Waals surface area (Å²) >= 11 is 0. The SMILES string of the molecule is COC(=O)CCC#Cc1c(C#CCCC(=O)OC)c(CCC(=O)OC)c2cc(F)c(F)cc2c1CCC(=O)OC. The third-order valence-corrected chi connectivity index (χ3v) is 5.97. The first-order valence-electron chi connectivity index (χ1n) is 12.4. The summed E-state index contributed by atoms with van der Waals surface area (Å²) in [5, 5.41) is 0.583. The van der Waals surface area contributed by atoms with Crippen LogP contribution in [0.1, 0.15) is 60.8 Å². The van der Waals surface area contributed by atoms with Crippen molar-refractivity contribution in [1.29, 1.82) is 0 Å². The minimum Gasteiger partial charge on any atom is -0.469 e. The van der Waals surface area contributed by atoms with Gasteiger partial charge in [-0.25, -0.2) is 8.78 Å². The fraction of sp³-hybridized carbons (Fsp3) is 0.400. The fourth-order valence-electron chi connectivity index (χ4n) is 3.91. The lowest BCUT2D eigenvalue weighted by Crippen LogP contribution is -2.09. The van der Waals surface area contributed by atoms with E-state index < -0.39 is 35.5 Å². The molecule has 10 heteroatoms. The van der Waals surface area contributed by atoms with Gasteiger partial charge in [0.15, 0.2) is 11.6 Å². The summed E-state index contributed by atoms with van der Waals surface area (Å²) < 4.78 is 47.9. The van der Waals surface area contributed by atoms with Crippen LogP contribution in [0, 0.1) is 35.3 Å². The van der Waals surface area contributed by atoms with Crippen molar-refractivity contribution < 1.29 is 46.9 Å². The average molecular weight is 557 g/mol. The summed E-state index contributed by atoms with van der Waals surface area (Å²) in [5.41, 5.74) is 1.50. The molecule has 0 heterocycles. The molecule has 2 aromatic carbocycles.